The first-order chi connectivity index (χ1) is 10.1. The predicted molar refractivity (Wildman–Crippen MR) is 80.4 cm³/mol. The van der Waals surface area contributed by atoms with Crippen molar-refractivity contribution in [2.75, 3.05) is 39.8 Å². The number of carbonyl (C=O) groups excluding carboxylic acids is 2. The molecule has 6 heteroatoms. The monoisotopic (exact) mass is 310 g/mol. The third-order valence-corrected chi connectivity index (χ3v) is 3.95. The van der Waals surface area contributed by atoms with Gasteiger partial charge in [0, 0.05) is 32.7 Å². The summed E-state index contributed by atoms with van der Waals surface area (Å²) in [5.41, 5.74) is 0.544. The van der Waals surface area contributed by atoms with Crippen LogP contribution in [0.25, 0.3) is 0 Å². The van der Waals surface area contributed by atoms with Crippen LogP contribution in [0.15, 0.2) is 24.3 Å². The minimum absolute atomic E-state index is 0.0341. The van der Waals surface area contributed by atoms with Crippen molar-refractivity contribution < 1.29 is 14.3 Å². The van der Waals surface area contributed by atoms with Gasteiger partial charge >= 0.3 is 5.97 Å². The highest BCUT2D eigenvalue weighted by atomic mass is 35.5. The number of halogens is 1. The first-order valence-corrected chi connectivity index (χ1v) is 7.32. The van der Waals surface area contributed by atoms with Crippen LogP contribution in [0.2, 0.25) is 5.02 Å². The normalized spacial score (nSPS) is 15.8. The highest BCUT2D eigenvalue weighted by Crippen LogP contribution is 2.18. The maximum absolute atomic E-state index is 12.4. The van der Waals surface area contributed by atoms with Gasteiger partial charge < -0.3 is 9.64 Å². The standard InChI is InChI=1S/C15H19ClN2O3/c1-21-14(19)6-7-17-8-10-18(11-9-17)15(20)12-4-2-3-5-13(12)16/h2-5H,6-11H2,1H3. The van der Waals surface area contributed by atoms with Crippen molar-refractivity contribution in [1.82, 2.24) is 9.80 Å². The number of benzene rings is 1. The number of hydrogen-bond donors (Lipinski definition) is 0. The van der Waals surface area contributed by atoms with Crippen molar-refractivity contribution in [2.45, 2.75) is 6.42 Å². The van der Waals surface area contributed by atoms with Gasteiger partial charge in [0.25, 0.3) is 5.91 Å². The zero-order valence-corrected chi connectivity index (χ0v) is 12.8. The Morgan fingerprint density at radius 1 is 1.19 bits per heavy atom. The van der Waals surface area contributed by atoms with Gasteiger partial charge in [-0.25, -0.2) is 0 Å². The number of amides is 1. The molecule has 2 rings (SSSR count). The summed E-state index contributed by atoms with van der Waals surface area (Å²) < 4.78 is 4.63. The molecule has 1 amide bonds. The lowest BCUT2D eigenvalue weighted by atomic mass is 10.2. The predicted octanol–water partition coefficient (Wildman–Crippen LogP) is 1.66. The second kappa shape index (κ2) is 7.43. The third-order valence-electron chi connectivity index (χ3n) is 3.62. The van der Waals surface area contributed by atoms with E-state index in [1.807, 2.05) is 12.1 Å². The van der Waals surface area contributed by atoms with Gasteiger partial charge in [-0.2, -0.15) is 0 Å². The molecule has 1 aromatic rings. The van der Waals surface area contributed by atoms with Gasteiger partial charge in [0.15, 0.2) is 0 Å². The number of rotatable bonds is 4. The van der Waals surface area contributed by atoms with Crippen molar-refractivity contribution >= 4 is 23.5 Å². The van der Waals surface area contributed by atoms with E-state index in [-0.39, 0.29) is 11.9 Å². The number of ether oxygens (including phenoxy) is 1. The number of piperazine rings is 1. The van der Waals surface area contributed by atoms with E-state index in [4.69, 9.17) is 11.6 Å². The van der Waals surface area contributed by atoms with Crippen LogP contribution >= 0.6 is 11.6 Å². The van der Waals surface area contributed by atoms with Crippen LogP contribution in [0.5, 0.6) is 0 Å². The van der Waals surface area contributed by atoms with E-state index in [1.165, 1.54) is 7.11 Å². The van der Waals surface area contributed by atoms with Crippen molar-refractivity contribution in [3.63, 3.8) is 0 Å². The van der Waals surface area contributed by atoms with Crippen molar-refractivity contribution in [2.24, 2.45) is 0 Å². The van der Waals surface area contributed by atoms with E-state index in [9.17, 15) is 9.59 Å². The molecule has 0 aliphatic carbocycles. The molecule has 0 unspecified atom stereocenters. The Morgan fingerprint density at radius 3 is 2.48 bits per heavy atom. The second-order valence-electron chi connectivity index (χ2n) is 4.94. The molecule has 1 aliphatic heterocycles. The van der Waals surface area contributed by atoms with Crippen molar-refractivity contribution in [3.05, 3.63) is 34.9 Å². The van der Waals surface area contributed by atoms with Gasteiger partial charge in [-0.15, -0.1) is 0 Å². The average molecular weight is 311 g/mol. The third kappa shape index (κ3) is 4.19. The maximum Gasteiger partial charge on any atom is 0.306 e. The smallest absolute Gasteiger partial charge is 0.306 e. The molecular weight excluding hydrogens is 292 g/mol. The number of methoxy groups -OCH3 is 1. The number of carbonyl (C=O) groups is 2. The molecule has 1 saturated heterocycles. The van der Waals surface area contributed by atoms with Gasteiger partial charge in [-0.3, -0.25) is 14.5 Å². The summed E-state index contributed by atoms with van der Waals surface area (Å²) in [4.78, 5) is 27.5. The topological polar surface area (TPSA) is 49.9 Å². The van der Waals surface area contributed by atoms with Gasteiger partial charge in [0.2, 0.25) is 0 Å². The molecule has 0 spiro atoms. The molecule has 1 aromatic carbocycles. The summed E-state index contributed by atoms with van der Waals surface area (Å²) in [6.45, 7) is 3.47. The molecule has 1 heterocycles. The summed E-state index contributed by atoms with van der Waals surface area (Å²) >= 11 is 6.06. The molecule has 0 bridgehead atoms. The quantitative estimate of drug-likeness (QED) is 0.794. The van der Waals surface area contributed by atoms with Gasteiger partial charge in [-0.1, -0.05) is 23.7 Å². The summed E-state index contributed by atoms with van der Waals surface area (Å²) in [6, 6.07) is 7.09. The lowest BCUT2D eigenvalue weighted by Crippen LogP contribution is -2.49. The SMILES string of the molecule is COC(=O)CCN1CCN(C(=O)c2ccccc2Cl)CC1. The molecule has 21 heavy (non-hydrogen) atoms. The average Bonchev–Trinajstić information content (AvgIpc) is 2.53. The first kappa shape index (κ1) is 15.8. The Bertz CT molecular complexity index is 513. The molecule has 0 atom stereocenters. The zero-order chi connectivity index (χ0) is 15.2. The van der Waals surface area contributed by atoms with Crippen molar-refractivity contribution in [1.29, 1.82) is 0 Å². The molecule has 0 N–H and O–H groups in total. The van der Waals surface area contributed by atoms with Crippen LogP contribution < -0.4 is 0 Å². The molecule has 5 nitrogen and oxygen atoms in total. The largest absolute Gasteiger partial charge is 0.469 e. The van der Waals surface area contributed by atoms with E-state index < -0.39 is 0 Å². The minimum Gasteiger partial charge on any atom is -0.469 e. The molecular formula is C15H19ClN2O3. The fraction of sp³-hybridized carbons (Fsp3) is 0.467. The molecule has 0 radical (unpaired) electrons. The van der Waals surface area contributed by atoms with E-state index in [2.05, 4.69) is 9.64 Å². The molecule has 1 aliphatic rings. The van der Waals surface area contributed by atoms with Gasteiger partial charge in [-0.05, 0) is 12.1 Å². The highest BCUT2D eigenvalue weighted by Gasteiger charge is 2.23. The number of nitrogens with zero attached hydrogens (tertiary/aromatic N) is 2. The first-order valence-electron chi connectivity index (χ1n) is 6.95. The van der Waals surface area contributed by atoms with Crippen molar-refractivity contribution in [3.8, 4) is 0 Å². The Morgan fingerprint density at radius 2 is 1.86 bits per heavy atom. The molecule has 114 valence electrons. The van der Waals surface area contributed by atoms with Crippen LogP contribution in [-0.2, 0) is 9.53 Å². The van der Waals surface area contributed by atoms with E-state index in [0.29, 0.717) is 36.6 Å². The zero-order valence-electron chi connectivity index (χ0n) is 12.0. The summed E-state index contributed by atoms with van der Waals surface area (Å²) in [6.07, 6.45) is 0.384. The Labute approximate surface area is 129 Å². The molecule has 1 fully saturated rings. The van der Waals surface area contributed by atoms with Crippen LogP contribution in [0.3, 0.4) is 0 Å². The van der Waals surface area contributed by atoms with Gasteiger partial charge in [0.1, 0.15) is 0 Å². The second-order valence-corrected chi connectivity index (χ2v) is 5.35. The Balaban J connectivity index is 1.85. The van der Waals surface area contributed by atoms with Gasteiger partial charge in [0.05, 0.1) is 24.1 Å². The summed E-state index contributed by atoms with van der Waals surface area (Å²) in [5, 5.41) is 0.482. The highest BCUT2D eigenvalue weighted by molar-refractivity contribution is 6.33. The maximum atomic E-state index is 12.4. The lowest BCUT2D eigenvalue weighted by Gasteiger charge is -2.34. The van der Waals surface area contributed by atoms with Crippen LogP contribution in [0, 0.1) is 0 Å². The Kier molecular flexibility index (Phi) is 5.59. The van der Waals surface area contributed by atoms with Crippen LogP contribution in [0.1, 0.15) is 16.8 Å². The Hall–Kier alpha value is -1.59. The molecule has 0 aromatic heterocycles. The number of esters is 1. The van der Waals surface area contributed by atoms with E-state index in [0.717, 1.165) is 13.1 Å². The van der Waals surface area contributed by atoms with E-state index >= 15 is 0 Å². The fourth-order valence-electron chi connectivity index (χ4n) is 2.33. The fourth-order valence-corrected chi connectivity index (χ4v) is 2.55. The molecule has 0 saturated carbocycles. The van der Waals surface area contributed by atoms with Crippen LogP contribution in [0.4, 0.5) is 0 Å². The summed E-state index contributed by atoms with van der Waals surface area (Å²) in [5.74, 6) is -0.238. The summed E-state index contributed by atoms with van der Waals surface area (Å²) in [7, 11) is 1.39. The minimum atomic E-state index is -0.204. The lowest BCUT2D eigenvalue weighted by molar-refractivity contribution is -0.141. The van der Waals surface area contributed by atoms with E-state index in [1.54, 1.807) is 17.0 Å². The number of hydrogen-bond acceptors (Lipinski definition) is 4. The van der Waals surface area contributed by atoms with Crippen LogP contribution in [-0.4, -0.2) is 61.5 Å².